The molecule has 6 heteroatoms. The van der Waals surface area contributed by atoms with E-state index in [1.54, 1.807) is 4.90 Å². The molecule has 0 bridgehead atoms. The molecule has 2 aliphatic heterocycles. The average Bonchev–Trinajstić information content (AvgIpc) is 3.28. The molecule has 34 heavy (non-hydrogen) atoms. The van der Waals surface area contributed by atoms with E-state index in [0.717, 1.165) is 33.7 Å². The fourth-order valence-corrected chi connectivity index (χ4v) is 5.17. The summed E-state index contributed by atoms with van der Waals surface area (Å²) >= 11 is 0. The zero-order chi connectivity index (χ0) is 23.7. The van der Waals surface area contributed by atoms with Crippen molar-refractivity contribution >= 4 is 23.5 Å². The fourth-order valence-electron chi connectivity index (χ4n) is 5.17. The number of rotatable bonds is 6. The number of urea groups is 1. The van der Waals surface area contributed by atoms with E-state index in [1.165, 1.54) is 0 Å². The SMILES string of the molecule is CC1Cc2ccccc2N1C(=O)CN1C(=O)NC(Cc2ccccc2)(Cc2ccccc2)C1=O. The predicted molar refractivity (Wildman–Crippen MR) is 130 cm³/mol. The van der Waals surface area contributed by atoms with Gasteiger partial charge in [0.2, 0.25) is 5.91 Å². The number of carbonyl (C=O) groups excluding carboxylic acids is 3. The zero-order valence-electron chi connectivity index (χ0n) is 19.1. The number of imide groups is 1. The Balaban J connectivity index is 1.42. The molecule has 4 amide bonds. The van der Waals surface area contributed by atoms with E-state index in [4.69, 9.17) is 0 Å². The van der Waals surface area contributed by atoms with Crippen LogP contribution >= 0.6 is 0 Å². The summed E-state index contributed by atoms with van der Waals surface area (Å²) in [5, 5.41) is 2.96. The summed E-state index contributed by atoms with van der Waals surface area (Å²) in [5.41, 5.74) is 2.70. The molecular weight excluding hydrogens is 426 g/mol. The Kier molecular flexibility index (Phi) is 5.65. The summed E-state index contributed by atoms with van der Waals surface area (Å²) in [6, 6.07) is 26.5. The van der Waals surface area contributed by atoms with Crippen LogP contribution in [0.15, 0.2) is 84.9 Å². The van der Waals surface area contributed by atoms with Crippen LogP contribution in [-0.4, -0.2) is 40.9 Å². The zero-order valence-corrected chi connectivity index (χ0v) is 19.1. The predicted octanol–water partition coefficient (Wildman–Crippen LogP) is 3.74. The summed E-state index contributed by atoms with van der Waals surface area (Å²) in [4.78, 5) is 43.0. The van der Waals surface area contributed by atoms with Gasteiger partial charge in [-0.3, -0.25) is 14.5 Å². The van der Waals surface area contributed by atoms with Crippen molar-refractivity contribution in [3.63, 3.8) is 0 Å². The van der Waals surface area contributed by atoms with Crippen molar-refractivity contribution in [1.29, 1.82) is 0 Å². The van der Waals surface area contributed by atoms with E-state index >= 15 is 0 Å². The molecule has 2 aliphatic rings. The van der Waals surface area contributed by atoms with Gasteiger partial charge in [-0.25, -0.2) is 4.79 Å². The largest absolute Gasteiger partial charge is 0.325 e. The first-order valence-electron chi connectivity index (χ1n) is 11.6. The first kappa shape index (κ1) is 21.9. The Morgan fingerprint density at radius 3 is 2.06 bits per heavy atom. The van der Waals surface area contributed by atoms with Gasteiger partial charge in [-0.05, 0) is 36.1 Å². The van der Waals surface area contributed by atoms with E-state index in [1.807, 2.05) is 91.9 Å². The Bertz CT molecular complexity index is 1180. The van der Waals surface area contributed by atoms with Crippen molar-refractivity contribution in [2.45, 2.75) is 37.8 Å². The lowest BCUT2D eigenvalue weighted by Crippen LogP contribution is -2.51. The molecule has 1 unspecified atom stereocenters. The quantitative estimate of drug-likeness (QED) is 0.578. The van der Waals surface area contributed by atoms with Gasteiger partial charge < -0.3 is 10.2 Å². The fraction of sp³-hybridized carbons (Fsp3) is 0.250. The first-order valence-corrected chi connectivity index (χ1v) is 11.6. The van der Waals surface area contributed by atoms with Gasteiger partial charge in [0, 0.05) is 24.6 Å². The van der Waals surface area contributed by atoms with E-state index < -0.39 is 11.6 Å². The first-order chi connectivity index (χ1) is 16.5. The van der Waals surface area contributed by atoms with Crippen LogP contribution in [0.25, 0.3) is 0 Å². The lowest BCUT2D eigenvalue weighted by molar-refractivity contribution is -0.134. The van der Waals surface area contributed by atoms with Crippen LogP contribution in [0.2, 0.25) is 0 Å². The Morgan fingerprint density at radius 2 is 1.44 bits per heavy atom. The average molecular weight is 454 g/mol. The van der Waals surface area contributed by atoms with E-state index in [-0.39, 0.29) is 24.4 Å². The molecule has 1 N–H and O–H groups in total. The molecule has 3 aromatic carbocycles. The molecule has 0 aromatic heterocycles. The normalized spacial score (nSPS) is 18.7. The molecule has 0 spiro atoms. The van der Waals surface area contributed by atoms with Crippen molar-refractivity contribution in [1.82, 2.24) is 10.2 Å². The topological polar surface area (TPSA) is 69.7 Å². The second-order valence-corrected chi connectivity index (χ2v) is 9.17. The lowest BCUT2D eigenvalue weighted by Gasteiger charge is -2.28. The van der Waals surface area contributed by atoms with Crippen LogP contribution < -0.4 is 10.2 Å². The van der Waals surface area contributed by atoms with Crippen LogP contribution in [0.4, 0.5) is 10.5 Å². The molecular formula is C28H27N3O3. The van der Waals surface area contributed by atoms with Gasteiger partial charge in [0.25, 0.3) is 5.91 Å². The number of fused-ring (bicyclic) bond motifs is 1. The van der Waals surface area contributed by atoms with Gasteiger partial charge in [0.1, 0.15) is 12.1 Å². The minimum absolute atomic E-state index is 0.0240. The number of nitrogens with one attached hydrogen (secondary N) is 1. The minimum Gasteiger partial charge on any atom is -0.322 e. The molecule has 0 radical (unpaired) electrons. The molecule has 1 saturated heterocycles. The highest BCUT2D eigenvalue weighted by molar-refractivity contribution is 6.11. The summed E-state index contributed by atoms with van der Waals surface area (Å²) in [6.07, 6.45) is 1.45. The van der Waals surface area contributed by atoms with Crippen LogP contribution in [-0.2, 0) is 28.9 Å². The van der Waals surface area contributed by atoms with Gasteiger partial charge in [0.05, 0.1) is 0 Å². The number of benzene rings is 3. The Labute approximate surface area is 199 Å². The maximum absolute atomic E-state index is 13.8. The highest BCUT2D eigenvalue weighted by atomic mass is 16.2. The van der Waals surface area contributed by atoms with Gasteiger partial charge in [-0.2, -0.15) is 0 Å². The molecule has 5 rings (SSSR count). The Morgan fingerprint density at radius 1 is 0.882 bits per heavy atom. The molecule has 172 valence electrons. The van der Waals surface area contributed by atoms with Gasteiger partial charge in [-0.15, -0.1) is 0 Å². The van der Waals surface area contributed by atoms with Gasteiger partial charge >= 0.3 is 6.03 Å². The van der Waals surface area contributed by atoms with Gasteiger partial charge in [-0.1, -0.05) is 78.9 Å². The number of carbonyl (C=O) groups is 3. The maximum atomic E-state index is 13.8. The molecule has 1 fully saturated rings. The summed E-state index contributed by atoms with van der Waals surface area (Å²) < 4.78 is 0. The second kappa shape index (κ2) is 8.78. The standard InChI is InChI=1S/C28H27N3O3/c1-20-16-23-14-8-9-15-24(23)31(20)25(32)19-30-26(33)28(29-27(30)34,17-21-10-4-2-5-11-21)18-22-12-6-3-7-13-22/h2-15,20H,16-19H2,1H3,(H,29,34). The van der Waals surface area contributed by atoms with Crippen molar-refractivity contribution in [3.8, 4) is 0 Å². The lowest BCUT2D eigenvalue weighted by atomic mass is 9.84. The molecule has 0 saturated carbocycles. The number of nitrogens with zero attached hydrogens (tertiary/aromatic N) is 2. The van der Waals surface area contributed by atoms with Crippen LogP contribution in [0.3, 0.4) is 0 Å². The van der Waals surface area contributed by atoms with Crippen LogP contribution in [0.5, 0.6) is 0 Å². The van der Waals surface area contributed by atoms with E-state index in [9.17, 15) is 14.4 Å². The highest BCUT2D eigenvalue weighted by Crippen LogP contribution is 2.33. The number of hydrogen-bond acceptors (Lipinski definition) is 3. The third-order valence-corrected chi connectivity index (χ3v) is 6.71. The van der Waals surface area contributed by atoms with Crippen LogP contribution in [0.1, 0.15) is 23.6 Å². The van der Waals surface area contributed by atoms with Crippen molar-refractivity contribution in [2.24, 2.45) is 0 Å². The number of amides is 4. The number of anilines is 1. The van der Waals surface area contributed by atoms with Crippen LogP contribution in [0, 0.1) is 0 Å². The smallest absolute Gasteiger partial charge is 0.322 e. The molecule has 6 nitrogen and oxygen atoms in total. The molecule has 1 atom stereocenters. The third kappa shape index (κ3) is 3.96. The summed E-state index contributed by atoms with van der Waals surface area (Å²) in [6.45, 7) is 1.70. The summed E-state index contributed by atoms with van der Waals surface area (Å²) in [5.74, 6) is -0.616. The van der Waals surface area contributed by atoms with E-state index in [2.05, 4.69) is 5.32 Å². The molecule has 2 heterocycles. The minimum atomic E-state index is -1.14. The van der Waals surface area contributed by atoms with Crippen molar-refractivity contribution < 1.29 is 14.4 Å². The number of hydrogen-bond donors (Lipinski definition) is 1. The molecule has 0 aliphatic carbocycles. The Hall–Kier alpha value is -3.93. The maximum Gasteiger partial charge on any atom is 0.325 e. The number of para-hydroxylation sites is 1. The second-order valence-electron chi connectivity index (χ2n) is 9.17. The van der Waals surface area contributed by atoms with Gasteiger partial charge in [0.15, 0.2) is 0 Å². The third-order valence-electron chi connectivity index (χ3n) is 6.71. The van der Waals surface area contributed by atoms with Crippen molar-refractivity contribution in [3.05, 3.63) is 102 Å². The monoisotopic (exact) mass is 453 g/mol. The summed E-state index contributed by atoms with van der Waals surface area (Å²) in [7, 11) is 0. The van der Waals surface area contributed by atoms with E-state index in [0.29, 0.717) is 12.8 Å². The molecule has 3 aromatic rings. The highest BCUT2D eigenvalue weighted by Gasteiger charge is 2.52. The van der Waals surface area contributed by atoms with Crippen molar-refractivity contribution in [2.75, 3.05) is 11.4 Å².